The van der Waals surface area contributed by atoms with E-state index in [1.807, 2.05) is 33.0 Å². The Balaban J connectivity index is 0.000000998. The van der Waals surface area contributed by atoms with E-state index in [9.17, 15) is 4.39 Å². The second kappa shape index (κ2) is 17.3. The first-order chi connectivity index (χ1) is 13.3. The number of allylic oxidation sites excluding steroid dienone is 4. The third-order valence-electron chi connectivity index (χ3n) is 4.02. The maximum Gasteiger partial charge on any atom is 0.132 e. The van der Waals surface area contributed by atoms with Gasteiger partial charge in [-0.05, 0) is 37.5 Å². The van der Waals surface area contributed by atoms with Gasteiger partial charge in [0.2, 0.25) is 0 Å². The first kappa shape index (κ1) is 24.9. The third-order valence-corrected chi connectivity index (χ3v) is 4.02. The summed E-state index contributed by atoms with van der Waals surface area (Å²) < 4.78 is 12.7. The van der Waals surface area contributed by atoms with Crippen LogP contribution in [0, 0.1) is 0 Å². The molecule has 3 nitrogen and oxygen atoms in total. The van der Waals surface area contributed by atoms with Gasteiger partial charge in [-0.25, -0.2) is 4.39 Å². The lowest BCUT2D eigenvalue weighted by Gasteiger charge is -2.26. The smallest absolute Gasteiger partial charge is 0.132 e. The van der Waals surface area contributed by atoms with Crippen molar-refractivity contribution < 1.29 is 4.39 Å². The molecule has 1 aliphatic rings. The zero-order chi connectivity index (χ0) is 20.3. The van der Waals surface area contributed by atoms with Crippen LogP contribution in [-0.4, -0.2) is 24.3 Å². The van der Waals surface area contributed by atoms with Crippen LogP contribution >= 0.6 is 0 Å². The topological polar surface area (TPSA) is 29.3 Å². The van der Waals surface area contributed by atoms with Crippen LogP contribution in [0.1, 0.15) is 59.3 Å². The molecule has 0 aromatic carbocycles. The number of rotatable bonds is 6. The Labute approximate surface area is 165 Å². The molecule has 27 heavy (non-hydrogen) atoms. The van der Waals surface area contributed by atoms with E-state index in [-0.39, 0.29) is 0 Å². The standard InChI is InChI=1S/C18H27N3.C3H5F.C2H6/c1-3-4-6-14-18(20-16-11-7-5-8-12-16)21-15-10-9-13-17(21)19-2;1-2-3-4;1-2/h4,6,9-10,13-16,20H,3,5,7-8,11-12H2,1-2H3;2H,1,3H2;1-2H3/b6-4+,18-14+,19-17?;;. The van der Waals surface area contributed by atoms with Gasteiger partial charge in [0.15, 0.2) is 0 Å². The Morgan fingerprint density at radius 2 is 1.96 bits per heavy atom. The van der Waals surface area contributed by atoms with Crippen molar-refractivity contribution in [3.8, 4) is 0 Å². The lowest BCUT2D eigenvalue weighted by molar-refractivity contribution is 0.404. The maximum absolute atomic E-state index is 10.6. The molecule has 0 amide bonds. The van der Waals surface area contributed by atoms with Gasteiger partial charge in [-0.15, -0.1) is 6.58 Å². The van der Waals surface area contributed by atoms with Crippen molar-refractivity contribution >= 4 is 5.82 Å². The Bertz CT molecular complexity index is 608. The summed E-state index contributed by atoms with van der Waals surface area (Å²) in [5, 5.41) is 3.72. The largest absolute Gasteiger partial charge is 0.368 e. The summed E-state index contributed by atoms with van der Waals surface area (Å²) in [6.45, 7) is 8.84. The van der Waals surface area contributed by atoms with Crippen LogP contribution in [0.2, 0.25) is 0 Å². The second-order valence-electron chi connectivity index (χ2n) is 5.96. The average molecular weight is 376 g/mol. The zero-order valence-electron chi connectivity index (χ0n) is 17.6. The van der Waals surface area contributed by atoms with Crippen LogP contribution in [0.3, 0.4) is 0 Å². The number of halogens is 1. The summed E-state index contributed by atoms with van der Waals surface area (Å²) in [6, 6.07) is 6.70. The van der Waals surface area contributed by atoms with E-state index in [0.717, 1.165) is 17.7 Å². The van der Waals surface area contributed by atoms with Gasteiger partial charge in [0, 0.05) is 19.3 Å². The molecule has 1 N–H and O–H groups in total. The summed E-state index contributed by atoms with van der Waals surface area (Å²) >= 11 is 0. The van der Waals surface area contributed by atoms with Gasteiger partial charge < -0.3 is 5.32 Å². The zero-order valence-corrected chi connectivity index (χ0v) is 17.6. The minimum atomic E-state index is -0.417. The SMILES string of the molecule is C=CCF.CC.CC/C=C/C=C(\NC1CCCCC1)n1ccccc1=NC. The van der Waals surface area contributed by atoms with Crippen LogP contribution in [0.15, 0.2) is 60.3 Å². The van der Waals surface area contributed by atoms with Crippen LogP contribution in [0.25, 0.3) is 5.82 Å². The molecule has 1 aromatic rings. The maximum atomic E-state index is 10.6. The molecule has 1 heterocycles. The average Bonchev–Trinajstić information content (AvgIpc) is 2.75. The fourth-order valence-corrected chi connectivity index (χ4v) is 2.77. The minimum Gasteiger partial charge on any atom is -0.368 e. The highest BCUT2D eigenvalue weighted by atomic mass is 19.1. The van der Waals surface area contributed by atoms with Gasteiger partial charge in [0.25, 0.3) is 0 Å². The second-order valence-corrected chi connectivity index (χ2v) is 5.96. The molecule has 0 radical (unpaired) electrons. The molecule has 0 spiro atoms. The van der Waals surface area contributed by atoms with Gasteiger partial charge in [-0.2, -0.15) is 0 Å². The van der Waals surface area contributed by atoms with E-state index in [0.29, 0.717) is 6.04 Å². The molecule has 1 aromatic heterocycles. The van der Waals surface area contributed by atoms with Gasteiger partial charge >= 0.3 is 0 Å². The van der Waals surface area contributed by atoms with Crippen molar-refractivity contribution in [3.05, 3.63) is 60.8 Å². The lowest BCUT2D eigenvalue weighted by Crippen LogP contribution is -2.35. The molecule has 0 unspecified atom stereocenters. The highest BCUT2D eigenvalue weighted by Crippen LogP contribution is 2.19. The number of nitrogens with zero attached hydrogens (tertiary/aromatic N) is 2. The fourth-order valence-electron chi connectivity index (χ4n) is 2.77. The number of alkyl halides is 1. The third kappa shape index (κ3) is 10.6. The van der Waals surface area contributed by atoms with E-state index in [1.165, 1.54) is 38.2 Å². The summed E-state index contributed by atoms with van der Waals surface area (Å²) in [4.78, 5) is 4.37. The summed E-state index contributed by atoms with van der Waals surface area (Å²) in [5.41, 5.74) is 0.969. The normalized spacial score (nSPS) is 15.4. The number of hydrogen-bond acceptors (Lipinski definition) is 2. The summed E-state index contributed by atoms with van der Waals surface area (Å²) in [6.07, 6.45) is 17.4. The van der Waals surface area contributed by atoms with Crippen molar-refractivity contribution in [2.75, 3.05) is 13.7 Å². The molecule has 0 saturated heterocycles. The Morgan fingerprint density at radius 1 is 1.30 bits per heavy atom. The van der Waals surface area contributed by atoms with E-state index in [4.69, 9.17) is 0 Å². The molecule has 152 valence electrons. The quantitative estimate of drug-likeness (QED) is 0.489. The molecule has 0 aliphatic heterocycles. The molecular weight excluding hydrogens is 337 g/mol. The van der Waals surface area contributed by atoms with Gasteiger partial charge in [-0.1, -0.05) is 64.3 Å². The van der Waals surface area contributed by atoms with Gasteiger partial charge in [0.05, 0.1) is 0 Å². The minimum absolute atomic E-state index is 0.417. The van der Waals surface area contributed by atoms with E-state index in [2.05, 4.69) is 58.9 Å². The van der Waals surface area contributed by atoms with Gasteiger partial charge in [-0.3, -0.25) is 9.56 Å². The van der Waals surface area contributed by atoms with Crippen molar-refractivity contribution in [2.45, 2.75) is 65.3 Å². The molecular formula is C23H38FN3. The summed E-state index contributed by atoms with van der Waals surface area (Å²) in [5.74, 6) is 1.12. The van der Waals surface area contributed by atoms with Crippen LogP contribution in [-0.2, 0) is 0 Å². The van der Waals surface area contributed by atoms with Crippen LogP contribution < -0.4 is 10.8 Å². The van der Waals surface area contributed by atoms with Crippen LogP contribution in [0.4, 0.5) is 4.39 Å². The Hall–Kier alpha value is -2.10. The monoisotopic (exact) mass is 375 g/mol. The van der Waals surface area contributed by atoms with Gasteiger partial charge in [0.1, 0.15) is 18.0 Å². The molecule has 1 aliphatic carbocycles. The predicted octanol–water partition coefficient (Wildman–Crippen LogP) is 5.87. The predicted molar refractivity (Wildman–Crippen MR) is 117 cm³/mol. The molecule has 1 fully saturated rings. The van der Waals surface area contributed by atoms with E-state index < -0.39 is 6.67 Å². The number of pyridine rings is 1. The number of nitrogens with one attached hydrogen (secondary N) is 1. The molecule has 0 atom stereocenters. The number of aromatic nitrogens is 1. The van der Waals surface area contributed by atoms with E-state index >= 15 is 0 Å². The molecule has 1 saturated carbocycles. The molecule has 4 heteroatoms. The molecule has 0 bridgehead atoms. The first-order valence-corrected chi connectivity index (χ1v) is 10.2. The van der Waals surface area contributed by atoms with Crippen molar-refractivity contribution in [1.82, 2.24) is 9.88 Å². The lowest BCUT2D eigenvalue weighted by atomic mass is 9.95. The number of hydrogen-bond donors (Lipinski definition) is 1. The Kier molecular flexibility index (Phi) is 16.0. The highest BCUT2D eigenvalue weighted by molar-refractivity contribution is 5.46. The van der Waals surface area contributed by atoms with E-state index in [1.54, 1.807) is 0 Å². The fraction of sp³-hybridized carbons (Fsp3) is 0.522. The summed E-state index contributed by atoms with van der Waals surface area (Å²) in [7, 11) is 1.84. The van der Waals surface area contributed by atoms with Crippen molar-refractivity contribution in [1.29, 1.82) is 0 Å². The molecule has 2 rings (SSSR count). The highest BCUT2D eigenvalue weighted by Gasteiger charge is 2.14. The Morgan fingerprint density at radius 3 is 2.52 bits per heavy atom. The van der Waals surface area contributed by atoms with Crippen LogP contribution in [0.5, 0.6) is 0 Å². The van der Waals surface area contributed by atoms with Crippen molar-refractivity contribution in [3.63, 3.8) is 0 Å². The van der Waals surface area contributed by atoms with Crippen molar-refractivity contribution in [2.24, 2.45) is 4.99 Å². The first-order valence-electron chi connectivity index (χ1n) is 10.2.